The number of benzene rings is 2. The Morgan fingerprint density at radius 3 is 2.16 bits per heavy atom. The van der Waals surface area contributed by atoms with E-state index in [2.05, 4.69) is 4.98 Å². The van der Waals surface area contributed by atoms with E-state index in [9.17, 15) is 19.5 Å². The van der Waals surface area contributed by atoms with Gasteiger partial charge >= 0.3 is 12.0 Å². The van der Waals surface area contributed by atoms with Gasteiger partial charge in [-0.25, -0.2) is 9.59 Å². The van der Waals surface area contributed by atoms with Gasteiger partial charge in [-0.1, -0.05) is 66.7 Å². The molecule has 0 radical (unpaired) electrons. The summed E-state index contributed by atoms with van der Waals surface area (Å²) in [6, 6.07) is 22.3. The predicted molar refractivity (Wildman–Crippen MR) is 142 cm³/mol. The molecule has 5 rings (SSSR count). The van der Waals surface area contributed by atoms with Crippen molar-refractivity contribution in [3.8, 4) is 0 Å². The smallest absolute Gasteiger partial charge is 0.328 e. The summed E-state index contributed by atoms with van der Waals surface area (Å²) in [6.45, 7) is 0.506. The molecule has 1 aromatic heterocycles. The minimum atomic E-state index is -1.12. The summed E-state index contributed by atoms with van der Waals surface area (Å²) in [6.07, 6.45) is 3.75. The molecule has 2 saturated heterocycles. The number of aromatic nitrogens is 1. The number of aliphatic carboxylic acids is 1. The minimum absolute atomic E-state index is 0.186. The molecule has 2 aliphatic rings. The number of carboxylic acids is 1. The molecule has 8 heteroatoms. The van der Waals surface area contributed by atoms with Crippen LogP contribution < -0.4 is 0 Å². The molecule has 38 heavy (non-hydrogen) atoms. The lowest BCUT2D eigenvalue weighted by Gasteiger charge is -2.54. The molecule has 0 spiro atoms. The maximum absolute atomic E-state index is 14.2. The van der Waals surface area contributed by atoms with E-state index in [1.54, 1.807) is 23.0 Å². The van der Waals surface area contributed by atoms with Crippen molar-refractivity contribution in [3.05, 3.63) is 102 Å². The fraction of sp³-hybridized carbons (Fsp3) is 0.333. The topological polar surface area (TPSA) is 94.1 Å². The Bertz CT molecular complexity index is 1230. The molecule has 3 aromatic rings. The number of piperidine rings is 1. The highest BCUT2D eigenvalue weighted by Crippen LogP contribution is 2.37. The Morgan fingerprint density at radius 2 is 1.58 bits per heavy atom. The number of fused-ring (bicyclic) bond motifs is 2. The van der Waals surface area contributed by atoms with Crippen molar-refractivity contribution >= 4 is 17.9 Å². The van der Waals surface area contributed by atoms with Gasteiger partial charge in [-0.3, -0.25) is 9.78 Å². The standard InChI is InChI=1S/C30H32N4O4/c1-32(19-23-15-8-9-18-31-23)30(38)34-24-16-10-17-25(34)27(29(36)37)33(20-24)28(35)26(21-11-4-2-5-12-21)22-13-6-3-7-14-22/h2-9,11-15,18,24-27H,10,16-17,19-20H2,1H3,(H,36,37)/t24-,25+,27-/m0/s1. The van der Waals surface area contributed by atoms with Crippen LogP contribution in [0, 0.1) is 0 Å². The molecule has 8 nitrogen and oxygen atoms in total. The molecular formula is C30H32N4O4. The average molecular weight is 513 g/mol. The number of carbonyl (C=O) groups excluding carboxylic acids is 2. The SMILES string of the molecule is CN(Cc1ccccn1)C(=O)N1[C@H]2CCC[C@@H]1[C@@H](C(=O)O)N(C(=O)C(c1ccccc1)c1ccccc1)C2. The molecule has 3 atom stereocenters. The summed E-state index contributed by atoms with van der Waals surface area (Å²) < 4.78 is 0. The van der Waals surface area contributed by atoms with Crippen LogP contribution in [0.25, 0.3) is 0 Å². The summed E-state index contributed by atoms with van der Waals surface area (Å²) in [5, 5.41) is 10.4. The Kier molecular flexibility index (Phi) is 7.40. The highest BCUT2D eigenvalue weighted by molar-refractivity contribution is 5.92. The molecule has 196 valence electrons. The first-order chi connectivity index (χ1) is 18.5. The van der Waals surface area contributed by atoms with E-state index in [0.29, 0.717) is 13.0 Å². The van der Waals surface area contributed by atoms with Crippen LogP contribution in [-0.2, 0) is 16.1 Å². The molecule has 3 amide bonds. The van der Waals surface area contributed by atoms with Crippen molar-refractivity contribution in [2.24, 2.45) is 0 Å². The molecule has 3 heterocycles. The number of amides is 3. The Morgan fingerprint density at radius 1 is 0.947 bits per heavy atom. The molecule has 2 aliphatic heterocycles. The number of likely N-dealkylation sites (tertiary alicyclic amines) is 1. The second kappa shape index (κ2) is 11.0. The van der Waals surface area contributed by atoms with Crippen molar-refractivity contribution in [2.45, 2.75) is 49.9 Å². The van der Waals surface area contributed by atoms with Crippen molar-refractivity contribution in [3.63, 3.8) is 0 Å². The van der Waals surface area contributed by atoms with Crippen LogP contribution in [-0.4, -0.2) is 74.4 Å². The monoisotopic (exact) mass is 512 g/mol. The summed E-state index contributed by atoms with van der Waals surface area (Å²) in [4.78, 5) is 49.8. The number of hydrogen-bond acceptors (Lipinski definition) is 4. The second-order valence-corrected chi connectivity index (χ2v) is 10.0. The zero-order valence-corrected chi connectivity index (χ0v) is 21.4. The van der Waals surface area contributed by atoms with Crippen LogP contribution in [0.15, 0.2) is 85.1 Å². The lowest BCUT2D eigenvalue weighted by molar-refractivity contribution is -0.160. The van der Waals surface area contributed by atoms with Gasteiger partial charge < -0.3 is 19.8 Å². The number of carbonyl (C=O) groups is 3. The van der Waals surface area contributed by atoms with Crippen LogP contribution in [0.1, 0.15) is 42.0 Å². The molecule has 2 fully saturated rings. The maximum atomic E-state index is 14.2. The van der Waals surface area contributed by atoms with Gasteiger partial charge in [-0.05, 0) is 42.5 Å². The van der Waals surface area contributed by atoms with E-state index < -0.39 is 24.0 Å². The van der Waals surface area contributed by atoms with Crippen LogP contribution >= 0.6 is 0 Å². The number of piperazine rings is 1. The third-order valence-corrected chi connectivity index (χ3v) is 7.62. The first-order valence-corrected chi connectivity index (χ1v) is 13.0. The number of rotatable bonds is 6. The highest BCUT2D eigenvalue weighted by atomic mass is 16.4. The molecule has 1 N–H and O–H groups in total. The fourth-order valence-corrected chi connectivity index (χ4v) is 5.91. The third-order valence-electron chi connectivity index (χ3n) is 7.62. The van der Waals surface area contributed by atoms with E-state index >= 15 is 0 Å². The van der Waals surface area contributed by atoms with E-state index in [1.807, 2.05) is 78.9 Å². The summed E-state index contributed by atoms with van der Waals surface area (Å²) >= 11 is 0. The van der Waals surface area contributed by atoms with Crippen molar-refractivity contribution in [1.82, 2.24) is 19.7 Å². The van der Waals surface area contributed by atoms with Crippen molar-refractivity contribution in [2.75, 3.05) is 13.6 Å². The molecule has 0 unspecified atom stereocenters. The summed E-state index contributed by atoms with van der Waals surface area (Å²) in [5.74, 6) is -1.97. The summed E-state index contributed by atoms with van der Waals surface area (Å²) in [5.41, 5.74) is 2.38. The van der Waals surface area contributed by atoms with Crippen molar-refractivity contribution in [1.29, 1.82) is 0 Å². The van der Waals surface area contributed by atoms with Crippen LogP contribution in [0.2, 0.25) is 0 Å². The number of pyridine rings is 1. The largest absolute Gasteiger partial charge is 0.480 e. The lowest BCUT2D eigenvalue weighted by atomic mass is 9.83. The Hall–Kier alpha value is -4.20. The maximum Gasteiger partial charge on any atom is 0.328 e. The lowest BCUT2D eigenvalue weighted by Crippen LogP contribution is -2.71. The van der Waals surface area contributed by atoms with Gasteiger partial charge in [-0.15, -0.1) is 0 Å². The summed E-state index contributed by atoms with van der Waals surface area (Å²) in [7, 11) is 1.71. The van der Waals surface area contributed by atoms with Gasteiger partial charge in [0.15, 0.2) is 0 Å². The van der Waals surface area contributed by atoms with Gasteiger partial charge in [0.2, 0.25) is 5.91 Å². The highest BCUT2D eigenvalue weighted by Gasteiger charge is 2.52. The zero-order valence-electron chi connectivity index (χ0n) is 21.4. The third kappa shape index (κ3) is 4.98. The van der Waals surface area contributed by atoms with E-state index in [-0.39, 0.29) is 24.5 Å². The predicted octanol–water partition coefficient (Wildman–Crippen LogP) is 3.98. The molecule has 0 aliphatic carbocycles. The quantitative estimate of drug-likeness (QED) is 0.539. The normalized spacial score (nSPS) is 20.7. The zero-order chi connectivity index (χ0) is 26.6. The number of hydrogen-bond donors (Lipinski definition) is 1. The number of carboxylic acid groups (broad SMARTS) is 1. The van der Waals surface area contributed by atoms with Crippen molar-refractivity contribution < 1.29 is 19.5 Å². The Labute approximate surface area is 222 Å². The van der Waals surface area contributed by atoms with Crippen LogP contribution in [0.4, 0.5) is 4.79 Å². The van der Waals surface area contributed by atoms with Crippen LogP contribution in [0.5, 0.6) is 0 Å². The first-order valence-electron chi connectivity index (χ1n) is 13.0. The number of nitrogens with zero attached hydrogens (tertiary/aromatic N) is 4. The number of urea groups is 1. The molecule has 2 bridgehead atoms. The van der Waals surface area contributed by atoms with E-state index in [0.717, 1.165) is 29.7 Å². The van der Waals surface area contributed by atoms with Gasteiger partial charge in [-0.2, -0.15) is 0 Å². The van der Waals surface area contributed by atoms with Gasteiger partial charge in [0.25, 0.3) is 0 Å². The first kappa shape index (κ1) is 25.4. The Balaban J connectivity index is 1.46. The van der Waals surface area contributed by atoms with Gasteiger partial charge in [0.1, 0.15) is 6.04 Å². The average Bonchev–Trinajstić information content (AvgIpc) is 2.93. The fourth-order valence-electron chi connectivity index (χ4n) is 5.91. The molecule has 2 aromatic carbocycles. The van der Waals surface area contributed by atoms with Gasteiger partial charge in [0, 0.05) is 19.8 Å². The van der Waals surface area contributed by atoms with Gasteiger partial charge in [0.05, 0.1) is 30.2 Å². The minimum Gasteiger partial charge on any atom is -0.480 e. The second-order valence-electron chi connectivity index (χ2n) is 10.0. The van der Waals surface area contributed by atoms with E-state index in [4.69, 9.17) is 0 Å². The van der Waals surface area contributed by atoms with Crippen LogP contribution in [0.3, 0.4) is 0 Å². The molecule has 0 saturated carbocycles. The van der Waals surface area contributed by atoms with E-state index in [1.165, 1.54) is 4.90 Å². The molecular weight excluding hydrogens is 480 g/mol.